The molecule has 9 nitrogen and oxygen atoms in total. The van der Waals surface area contributed by atoms with E-state index in [2.05, 4.69) is 28.4 Å². The maximum Gasteiger partial charge on any atom is 0.268 e. The molecular formula is C28H35N5O4. The number of anilines is 1. The average Bonchev–Trinajstić information content (AvgIpc) is 3.38. The fraction of sp³-hybridized carbons (Fsp3) is 0.464. The minimum atomic E-state index is -0.146. The van der Waals surface area contributed by atoms with Crippen molar-refractivity contribution in [3.63, 3.8) is 0 Å². The number of morpholine rings is 1. The largest absolute Gasteiger partial charge is 0.474 e. The third-order valence-corrected chi connectivity index (χ3v) is 7.18. The molecule has 1 N–H and O–H groups in total. The molecule has 2 fully saturated rings. The number of pyridine rings is 1. The van der Waals surface area contributed by atoms with Crippen LogP contribution in [-0.4, -0.2) is 78.8 Å². The Hall–Kier alpha value is -3.59. The first-order valence-corrected chi connectivity index (χ1v) is 13.0. The first-order chi connectivity index (χ1) is 18.0. The molecule has 2 aromatic heterocycles. The van der Waals surface area contributed by atoms with Gasteiger partial charge >= 0.3 is 0 Å². The minimum Gasteiger partial charge on any atom is -0.474 e. The lowest BCUT2D eigenvalue weighted by molar-refractivity contribution is -0.129. The summed E-state index contributed by atoms with van der Waals surface area (Å²) < 4.78 is 13.7. The van der Waals surface area contributed by atoms with Gasteiger partial charge in [-0.05, 0) is 55.3 Å². The normalized spacial score (nSPS) is 20.0. The zero-order chi connectivity index (χ0) is 25.8. The second kappa shape index (κ2) is 11.2. The zero-order valence-corrected chi connectivity index (χ0v) is 21.6. The van der Waals surface area contributed by atoms with Gasteiger partial charge in [0, 0.05) is 44.8 Å². The summed E-state index contributed by atoms with van der Waals surface area (Å²) >= 11 is 0. The SMILES string of the molecule is CN(C)C(=O)Cn1cccc1C(=O)NC1CCC(Oc2nc(N3CCOCC3)cc3ccccc23)CC1. The molecular weight excluding hydrogens is 470 g/mol. The van der Waals surface area contributed by atoms with E-state index in [4.69, 9.17) is 14.5 Å². The van der Waals surface area contributed by atoms with Crippen molar-refractivity contribution in [2.75, 3.05) is 45.3 Å². The molecule has 5 rings (SSSR count). The average molecular weight is 506 g/mol. The van der Waals surface area contributed by atoms with Crippen LogP contribution in [0.2, 0.25) is 0 Å². The van der Waals surface area contributed by atoms with E-state index in [9.17, 15) is 9.59 Å². The molecule has 2 amide bonds. The maximum atomic E-state index is 12.9. The van der Waals surface area contributed by atoms with E-state index >= 15 is 0 Å². The Morgan fingerprint density at radius 3 is 2.59 bits per heavy atom. The van der Waals surface area contributed by atoms with Crippen LogP contribution in [0.4, 0.5) is 5.82 Å². The Labute approximate surface area is 217 Å². The molecule has 1 saturated carbocycles. The van der Waals surface area contributed by atoms with Gasteiger partial charge in [0.2, 0.25) is 11.8 Å². The van der Waals surface area contributed by atoms with E-state index < -0.39 is 0 Å². The van der Waals surface area contributed by atoms with Crippen molar-refractivity contribution in [1.82, 2.24) is 19.8 Å². The number of hydrogen-bond donors (Lipinski definition) is 1. The van der Waals surface area contributed by atoms with Crippen LogP contribution in [0.3, 0.4) is 0 Å². The van der Waals surface area contributed by atoms with Crippen LogP contribution >= 0.6 is 0 Å². The lowest BCUT2D eigenvalue weighted by Gasteiger charge is -2.31. The van der Waals surface area contributed by atoms with Gasteiger partial charge in [-0.15, -0.1) is 0 Å². The fourth-order valence-corrected chi connectivity index (χ4v) is 4.99. The van der Waals surface area contributed by atoms with Crippen molar-refractivity contribution in [2.24, 2.45) is 0 Å². The van der Waals surface area contributed by atoms with Crippen molar-refractivity contribution in [2.45, 2.75) is 44.4 Å². The van der Waals surface area contributed by atoms with Crippen molar-refractivity contribution in [3.8, 4) is 5.88 Å². The molecule has 9 heteroatoms. The first kappa shape index (κ1) is 25.1. The first-order valence-electron chi connectivity index (χ1n) is 13.0. The highest BCUT2D eigenvalue weighted by atomic mass is 16.5. The molecule has 0 spiro atoms. The fourth-order valence-electron chi connectivity index (χ4n) is 4.99. The third kappa shape index (κ3) is 5.88. The highest BCUT2D eigenvalue weighted by Crippen LogP contribution is 2.31. The number of benzene rings is 1. The van der Waals surface area contributed by atoms with Crippen LogP contribution in [0.25, 0.3) is 10.8 Å². The predicted octanol–water partition coefficient (Wildman–Crippen LogP) is 3.08. The number of nitrogens with one attached hydrogen (secondary N) is 1. The van der Waals surface area contributed by atoms with Gasteiger partial charge in [-0.3, -0.25) is 9.59 Å². The van der Waals surface area contributed by atoms with E-state index in [1.54, 1.807) is 37.0 Å². The minimum absolute atomic E-state index is 0.0468. The molecule has 1 saturated heterocycles. The summed E-state index contributed by atoms with van der Waals surface area (Å²) in [5.41, 5.74) is 0.504. The van der Waals surface area contributed by atoms with Crippen molar-refractivity contribution in [1.29, 1.82) is 0 Å². The van der Waals surface area contributed by atoms with E-state index in [-0.39, 0.29) is 30.5 Å². The number of rotatable bonds is 7. The number of nitrogens with zero attached hydrogens (tertiary/aromatic N) is 4. The molecule has 0 unspecified atom stereocenters. The lowest BCUT2D eigenvalue weighted by atomic mass is 9.93. The topological polar surface area (TPSA) is 88.9 Å². The number of fused-ring (bicyclic) bond motifs is 1. The highest BCUT2D eigenvalue weighted by Gasteiger charge is 2.26. The summed E-state index contributed by atoms with van der Waals surface area (Å²) in [6.45, 7) is 3.20. The van der Waals surface area contributed by atoms with Crippen LogP contribution in [0.1, 0.15) is 36.2 Å². The monoisotopic (exact) mass is 505 g/mol. The van der Waals surface area contributed by atoms with Crippen molar-refractivity contribution >= 4 is 28.4 Å². The zero-order valence-electron chi connectivity index (χ0n) is 21.6. The number of likely N-dealkylation sites (N-methyl/N-ethyl adjacent to an activating group) is 1. The van der Waals surface area contributed by atoms with Crippen LogP contribution < -0.4 is 15.0 Å². The van der Waals surface area contributed by atoms with Gasteiger partial charge in [-0.25, -0.2) is 0 Å². The molecule has 2 aliphatic rings. The molecule has 3 aromatic rings. The van der Waals surface area contributed by atoms with Crippen LogP contribution in [0.15, 0.2) is 48.7 Å². The second-order valence-corrected chi connectivity index (χ2v) is 9.98. The van der Waals surface area contributed by atoms with Crippen LogP contribution in [-0.2, 0) is 16.1 Å². The van der Waals surface area contributed by atoms with Gasteiger partial charge in [0.25, 0.3) is 5.91 Å². The molecule has 196 valence electrons. The van der Waals surface area contributed by atoms with Gasteiger partial charge in [-0.2, -0.15) is 4.98 Å². The number of hydrogen-bond acceptors (Lipinski definition) is 6. The molecule has 3 heterocycles. The smallest absolute Gasteiger partial charge is 0.268 e. The van der Waals surface area contributed by atoms with Crippen molar-refractivity contribution < 1.29 is 19.1 Å². The Kier molecular flexibility index (Phi) is 7.60. The summed E-state index contributed by atoms with van der Waals surface area (Å²) in [7, 11) is 3.42. The number of amides is 2. The Morgan fingerprint density at radius 1 is 1.08 bits per heavy atom. The van der Waals surface area contributed by atoms with Gasteiger partial charge < -0.3 is 29.2 Å². The summed E-state index contributed by atoms with van der Waals surface area (Å²) in [5, 5.41) is 5.29. The van der Waals surface area contributed by atoms with E-state index in [1.807, 2.05) is 12.1 Å². The molecule has 1 aliphatic carbocycles. The van der Waals surface area contributed by atoms with Crippen LogP contribution in [0.5, 0.6) is 5.88 Å². The maximum absolute atomic E-state index is 12.9. The van der Waals surface area contributed by atoms with E-state index in [0.29, 0.717) is 24.8 Å². The van der Waals surface area contributed by atoms with E-state index in [1.165, 1.54) is 4.90 Å². The standard InChI is InChI=1S/C28H35N5O4/c1-31(2)26(34)19-33-13-5-8-24(33)27(35)29-21-9-11-22(12-10-21)37-28-23-7-4-3-6-20(23)18-25(30-28)32-14-16-36-17-15-32/h3-8,13,18,21-22H,9-12,14-17,19H2,1-2H3,(H,29,35). The summed E-state index contributed by atoms with van der Waals surface area (Å²) in [6, 6.07) is 14.0. The quantitative estimate of drug-likeness (QED) is 0.531. The number of carbonyl (C=O) groups is 2. The molecule has 1 aromatic carbocycles. The number of aromatic nitrogens is 2. The third-order valence-electron chi connectivity index (χ3n) is 7.18. The summed E-state index contributed by atoms with van der Waals surface area (Å²) in [4.78, 5) is 33.7. The number of carbonyl (C=O) groups excluding carboxylic acids is 2. The van der Waals surface area contributed by atoms with E-state index in [0.717, 1.165) is 55.4 Å². The van der Waals surface area contributed by atoms with Crippen molar-refractivity contribution in [3.05, 3.63) is 54.4 Å². The Balaban J connectivity index is 1.21. The lowest BCUT2D eigenvalue weighted by Crippen LogP contribution is -2.40. The van der Waals surface area contributed by atoms with Gasteiger partial charge in [-0.1, -0.05) is 18.2 Å². The highest BCUT2D eigenvalue weighted by molar-refractivity contribution is 5.93. The van der Waals surface area contributed by atoms with Gasteiger partial charge in [0.1, 0.15) is 24.2 Å². The predicted molar refractivity (Wildman–Crippen MR) is 142 cm³/mol. The van der Waals surface area contributed by atoms with Crippen LogP contribution in [0, 0.1) is 0 Å². The summed E-state index contributed by atoms with van der Waals surface area (Å²) in [5.74, 6) is 1.40. The Morgan fingerprint density at radius 2 is 1.84 bits per heavy atom. The van der Waals surface area contributed by atoms with Gasteiger partial charge in [0.05, 0.1) is 13.2 Å². The molecule has 0 bridgehead atoms. The summed E-state index contributed by atoms with van der Waals surface area (Å²) in [6.07, 6.45) is 5.14. The molecule has 0 radical (unpaired) electrons. The molecule has 1 aliphatic heterocycles. The molecule has 0 atom stereocenters. The Bertz CT molecular complexity index is 1240. The van der Waals surface area contributed by atoms with Gasteiger partial charge in [0.15, 0.2) is 0 Å². The molecule has 37 heavy (non-hydrogen) atoms. The second-order valence-electron chi connectivity index (χ2n) is 9.98. The number of ether oxygens (including phenoxy) is 2.